The number of anilines is 1. The highest BCUT2D eigenvalue weighted by molar-refractivity contribution is 8.00. The van der Waals surface area contributed by atoms with Crippen molar-refractivity contribution >= 4 is 29.5 Å². The number of hydrogen-bond donors (Lipinski definition) is 2. The molecule has 8 nitrogen and oxygen atoms in total. The van der Waals surface area contributed by atoms with Crippen LogP contribution >= 0.6 is 11.9 Å². The highest BCUT2D eigenvalue weighted by Gasteiger charge is 2.48. The van der Waals surface area contributed by atoms with Crippen LogP contribution in [0.1, 0.15) is 68.4 Å². The van der Waals surface area contributed by atoms with Crippen LogP contribution in [0.3, 0.4) is 0 Å². The summed E-state index contributed by atoms with van der Waals surface area (Å²) in [5, 5.41) is 7.53. The molecule has 3 aromatic rings. The number of aliphatic imine (C=N–C) groups is 1. The molecule has 218 valence electrons. The van der Waals surface area contributed by atoms with Crippen LogP contribution in [0.15, 0.2) is 56.9 Å². The molecule has 1 aromatic heterocycles. The summed E-state index contributed by atoms with van der Waals surface area (Å²) in [6.07, 6.45) is 4.47. The smallest absolute Gasteiger partial charge is 0.256 e. The zero-order chi connectivity index (χ0) is 28.8. The summed E-state index contributed by atoms with van der Waals surface area (Å²) in [4.78, 5) is 21.9. The minimum absolute atomic E-state index is 0.159. The maximum absolute atomic E-state index is 13.8. The number of rotatable bonds is 12. The highest BCUT2D eigenvalue weighted by Crippen LogP contribution is 2.37. The number of nitrogens with zero attached hydrogens (tertiary/aromatic N) is 3. The Balaban J connectivity index is 1.42. The van der Waals surface area contributed by atoms with Crippen LogP contribution in [0.4, 0.5) is 5.82 Å². The zero-order valence-electron chi connectivity index (χ0n) is 24.6. The van der Waals surface area contributed by atoms with Crippen molar-refractivity contribution < 1.29 is 14.1 Å². The fraction of sp³-hybridized carbons (Fsp3) is 0.469. The van der Waals surface area contributed by atoms with Crippen LogP contribution in [-0.4, -0.2) is 47.0 Å². The molecule has 1 saturated heterocycles. The molecule has 1 spiro atoms. The number of amides is 1. The van der Waals surface area contributed by atoms with Gasteiger partial charge in [-0.3, -0.25) is 14.7 Å². The quantitative estimate of drug-likeness (QED) is 0.233. The molecule has 1 amide bonds. The van der Waals surface area contributed by atoms with Crippen LogP contribution in [0, 0.1) is 13.8 Å². The molecule has 0 radical (unpaired) electrons. The minimum atomic E-state index is -0.591. The molecule has 2 aliphatic heterocycles. The summed E-state index contributed by atoms with van der Waals surface area (Å²) in [6, 6.07) is 14.8. The van der Waals surface area contributed by atoms with Gasteiger partial charge in [0.1, 0.15) is 17.1 Å². The third kappa shape index (κ3) is 6.37. The van der Waals surface area contributed by atoms with Gasteiger partial charge in [-0.1, -0.05) is 54.9 Å². The van der Waals surface area contributed by atoms with Crippen molar-refractivity contribution in [2.24, 2.45) is 4.99 Å². The second-order valence-corrected chi connectivity index (χ2v) is 11.7. The Kier molecular flexibility index (Phi) is 9.47. The van der Waals surface area contributed by atoms with Gasteiger partial charge in [0, 0.05) is 23.5 Å². The number of hydrogen-bond acceptors (Lipinski definition) is 8. The average molecular weight is 576 g/mol. The Hall–Kier alpha value is -3.14. The van der Waals surface area contributed by atoms with E-state index in [-0.39, 0.29) is 5.91 Å². The van der Waals surface area contributed by atoms with Gasteiger partial charge in [0.25, 0.3) is 5.91 Å². The molecule has 41 heavy (non-hydrogen) atoms. The Bertz CT molecular complexity index is 1400. The van der Waals surface area contributed by atoms with Crippen LogP contribution in [0.5, 0.6) is 0 Å². The molecular weight excluding hydrogens is 534 g/mol. The van der Waals surface area contributed by atoms with Gasteiger partial charge >= 0.3 is 0 Å². The lowest BCUT2D eigenvalue weighted by molar-refractivity contribution is -0.132. The summed E-state index contributed by atoms with van der Waals surface area (Å²) in [7, 11) is 0. The van der Waals surface area contributed by atoms with E-state index in [1.54, 1.807) is 0 Å². The Morgan fingerprint density at radius 2 is 1.93 bits per heavy atom. The molecule has 0 saturated carbocycles. The van der Waals surface area contributed by atoms with Crippen molar-refractivity contribution in [3.63, 3.8) is 0 Å². The monoisotopic (exact) mass is 575 g/mol. The van der Waals surface area contributed by atoms with Gasteiger partial charge in [0.2, 0.25) is 0 Å². The van der Waals surface area contributed by atoms with Gasteiger partial charge in [-0.25, -0.2) is 0 Å². The number of benzene rings is 2. The largest absolute Gasteiger partial charge is 0.377 e. The van der Waals surface area contributed by atoms with E-state index in [9.17, 15) is 4.79 Å². The number of carbonyl (C=O) groups excluding carboxylic acids is 1. The maximum Gasteiger partial charge on any atom is 0.256 e. The van der Waals surface area contributed by atoms with E-state index in [4.69, 9.17) is 14.3 Å². The number of amidine groups is 1. The fourth-order valence-electron chi connectivity index (χ4n) is 5.50. The van der Waals surface area contributed by atoms with E-state index < -0.39 is 5.54 Å². The summed E-state index contributed by atoms with van der Waals surface area (Å²) < 4.78 is 14.6. The van der Waals surface area contributed by atoms with Gasteiger partial charge in [-0.15, -0.1) is 0 Å². The summed E-state index contributed by atoms with van der Waals surface area (Å²) >= 11 is 1.52. The lowest BCUT2D eigenvalue weighted by atomic mass is 9.88. The van der Waals surface area contributed by atoms with E-state index >= 15 is 0 Å². The first-order valence-electron chi connectivity index (χ1n) is 14.7. The van der Waals surface area contributed by atoms with E-state index in [1.165, 1.54) is 11.9 Å². The van der Waals surface area contributed by atoms with Crippen LogP contribution in [0.2, 0.25) is 0 Å². The SMILES string of the molecule is CCCCC1=NC2(CCNCC2)C(=O)N1Cc1ccc(-c2ccccc2SNc2noc(C)c2C)c(COCC)c1. The molecule has 2 N–H and O–H groups in total. The molecular formula is C32H41N5O3S. The molecule has 3 heterocycles. The van der Waals surface area contributed by atoms with E-state index in [1.807, 2.05) is 31.7 Å². The minimum Gasteiger partial charge on any atom is -0.377 e. The lowest BCUT2D eigenvalue weighted by Gasteiger charge is -2.30. The van der Waals surface area contributed by atoms with Gasteiger partial charge in [0.05, 0.1) is 13.2 Å². The summed E-state index contributed by atoms with van der Waals surface area (Å²) in [6.45, 7) is 11.4. The van der Waals surface area contributed by atoms with Crippen LogP contribution in [0.25, 0.3) is 11.1 Å². The number of unbranched alkanes of at least 4 members (excludes halogenated alkanes) is 1. The molecule has 0 atom stereocenters. The number of nitrogens with one attached hydrogen (secondary N) is 2. The molecule has 0 unspecified atom stereocenters. The number of carbonyl (C=O) groups is 1. The Labute approximate surface area is 247 Å². The molecule has 2 aromatic carbocycles. The topological polar surface area (TPSA) is 92.0 Å². The van der Waals surface area contributed by atoms with Crippen molar-refractivity contribution in [1.29, 1.82) is 0 Å². The predicted molar refractivity (Wildman–Crippen MR) is 165 cm³/mol. The standard InChI is InChI=1S/C32H41N5O3S/c1-5-7-12-29-34-32(15-17-33-18-16-32)31(38)37(29)20-24-13-14-26(25(19-24)21-39-6-2)27-10-8-9-11-28(27)41-36-30-22(3)23(4)40-35-30/h8-11,13-14,19,33H,5-7,12,15-18,20-21H2,1-4H3,(H,35,36). The molecule has 2 aliphatic rings. The van der Waals surface area contributed by atoms with E-state index in [0.29, 0.717) is 19.8 Å². The Morgan fingerprint density at radius 3 is 2.66 bits per heavy atom. The zero-order valence-corrected chi connectivity index (χ0v) is 25.4. The van der Waals surface area contributed by atoms with Crippen LogP contribution in [-0.2, 0) is 22.7 Å². The highest BCUT2D eigenvalue weighted by atomic mass is 32.2. The second-order valence-electron chi connectivity index (χ2n) is 10.8. The third-order valence-corrected chi connectivity index (χ3v) is 8.92. The van der Waals surface area contributed by atoms with Crippen LogP contribution < -0.4 is 10.0 Å². The maximum atomic E-state index is 13.8. The van der Waals surface area contributed by atoms with Gasteiger partial charge in [-0.2, -0.15) is 0 Å². The molecule has 0 aliphatic carbocycles. The molecule has 0 bridgehead atoms. The molecule has 9 heteroatoms. The van der Waals surface area contributed by atoms with Crippen molar-refractivity contribution in [1.82, 2.24) is 15.4 Å². The van der Waals surface area contributed by atoms with Crippen molar-refractivity contribution in [3.8, 4) is 11.1 Å². The van der Waals surface area contributed by atoms with Gasteiger partial charge in [-0.05, 0) is 93.4 Å². The molecule has 5 rings (SSSR count). The average Bonchev–Trinajstić information content (AvgIpc) is 3.44. The summed E-state index contributed by atoms with van der Waals surface area (Å²) in [5.41, 5.74) is 4.82. The number of ether oxygens (including phenoxy) is 1. The normalized spacial score (nSPS) is 16.4. The predicted octanol–water partition coefficient (Wildman–Crippen LogP) is 6.67. The first-order chi connectivity index (χ1) is 20.0. The van der Waals surface area contributed by atoms with E-state index in [2.05, 4.69) is 58.5 Å². The number of aryl methyl sites for hydroxylation is 1. The Morgan fingerprint density at radius 1 is 1.12 bits per heavy atom. The molecule has 1 fully saturated rings. The fourth-order valence-corrected chi connectivity index (χ4v) is 6.33. The lowest BCUT2D eigenvalue weighted by Crippen LogP contribution is -2.48. The van der Waals surface area contributed by atoms with Crippen molar-refractivity contribution in [2.75, 3.05) is 24.4 Å². The number of aromatic nitrogens is 1. The summed E-state index contributed by atoms with van der Waals surface area (Å²) in [5.74, 6) is 2.64. The van der Waals surface area contributed by atoms with Crippen molar-refractivity contribution in [2.45, 2.75) is 83.4 Å². The van der Waals surface area contributed by atoms with Gasteiger partial charge < -0.3 is 19.3 Å². The second kappa shape index (κ2) is 13.2. The first kappa shape index (κ1) is 29.4. The van der Waals surface area contributed by atoms with Gasteiger partial charge in [0.15, 0.2) is 5.82 Å². The number of piperidine rings is 1. The van der Waals surface area contributed by atoms with Crippen molar-refractivity contribution in [3.05, 3.63) is 64.9 Å². The first-order valence-corrected chi connectivity index (χ1v) is 15.5. The third-order valence-electron chi connectivity index (χ3n) is 8.05. The van der Waals surface area contributed by atoms with E-state index in [0.717, 1.165) is 95.3 Å².